The summed E-state index contributed by atoms with van der Waals surface area (Å²) in [5.41, 5.74) is 3.70. The maximum atomic E-state index is 12.9. The van der Waals surface area contributed by atoms with E-state index in [0.717, 1.165) is 49.1 Å². The van der Waals surface area contributed by atoms with Crippen molar-refractivity contribution in [3.05, 3.63) is 33.8 Å². The highest BCUT2D eigenvalue weighted by Crippen LogP contribution is 2.46. The quantitative estimate of drug-likeness (QED) is 0.622. The molecule has 2 aliphatic rings. The first-order valence-corrected chi connectivity index (χ1v) is 11.5. The van der Waals surface area contributed by atoms with Gasteiger partial charge in [-0.25, -0.2) is 0 Å². The van der Waals surface area contributed by atoms with Gasteiger partial charge in [0.2, 0.25) is 0 Å². The van der Waals surface area contributed by atoms with Crippen molar-refractivity contribution in [1.29, 1.82) is 0 Å². The van der Waals surface area contributed by atoms with Crippen molar-refractivity contribution in [2.45, 2.75) is 58.6 Å². The van der Waals surface area contributed by atoms with Gasteiger partial charge in [-0.2, -0.15) is 0 Å². The minimum Gasteiger partial charge on any atom is -0.591 e. The van der Waals surface area contributed by atoms with E-state index in [-0.39, 0.29) is 10.2 Å². The van der Waals surface area contributed by atoms with Gasteiger partial charge >= 0.3 is 0 Å². The van der Waals surface area contributed by atoms with Crippen molar-refractivity contribution in [1.82, 2.24) is 4.90 Å². The minimum absolute atomic E-state index is 0.0531. The van der Waals surface area contributed by atoms with E-state index >= 15 is 0 Å². The van der Waals surface area contributed by atoms with Crippen LogP contribution in [0.15, 0.2) is 27.1 Å². The standard InChI is InChI=1S/C21H31BrN2OS/c1-15(2)14-24-10-8-21(9-11-24)13-16-6-7-17(22)12-18(16)19(21)23-26(25)20(3,4)5/h6-7,12,15H,8-11,13-14H2,1-5H3. The normalized spacial score (nSPS) is 23.0. The fourth-order valence-electron chi connectivity index (χ4n) is 4.12. The number of likely N-dealkylation sites (tertiary alicyclic amines) is 1. The molecule has 144 valence electrons. The minimum atomic E-state index is -1.23. The lowest BCUT2D eigenvalue weighted by molar-refractivity contribution is 0.142. The first kappa shape index (κ1) is 20.4. The summed E-state index contributed by atoms with van der Waals surface area (Å²) in [6.45, 7) is 13.9. The van der Waals surface area contributed by atoms with Gasteiger partial charge in [0.25, 0.3) is 0 Å². The van der Waals surface area contributed by atoms with Crippen LogP contribution in [0.3, 0.4) is 0 Å². The van der Waals surface area contributed by atoms with Gasteiger partial charge < -0.3 is 9.45 Å². The van der Waals surface area contributed by atoms with Gasteiger partial charge in [0, 0.05) is 22.0 Å². The van der Waals surface area contributed by atoms with Crippen LogP contribution in [0.2, 0.25) is 0 Å². The van der Waals surface area contributed by atoms with E-state index in [0.29, 0.717) is 5.92 Å². The first-order chi connectivity index (χ1) is 12.1. The van der Waals surface area contributed by atoms with Crippen molar-refractivity contribution in [2.24, 2.45) is 15.7 Å². The molecule has 0 amide bonds. The summed E-state index contributed by atoms with van der Waals surface area (Å²) in [6.07, 6.45) is 3.24. The largest absolute Gasteiger partial charge is 0.591 e. The smallest absolute Gasteiger partial charge is 0.144 e. The second-order valence-electron chi connectivity index (χ2n) is 9.25. The van der Waals surface area contributed by atoms with E-state index in [2.05, 4.69) is 52.9 Å². The number of fused-ring (bicyclic) bond motifs is 1. The van der Waals surface area contributed by atoms with Crippen molar-refractivity contribution in [3.63, 3.8) is 0 Å². The second kappa shape index (κ2) is 7.57. The Balaban J connectivity index is 1.94. The van der Waals surface area contributed by atoms with Gasteiger partial charge in [-0.05, 0) is 76.7 Å². The molecule has 0 saturated carbocycles. The van der Waals surface area contributed by atoms with Crippen molar-refractivity contribution in [2.75, 3.05) is 19.6 Å². The number of benzene rings is 1. The summed E-state index contributed by atoms with van der Waals surface area (Å²) in [4.78, 5) is 2.58. The molecule has 1 aliphatic carbocycles. The summed E-state index contributed by atoms with van der Waals surface area (Å²) in [5, 5.41) is 0. The molecule has 1 saturated heterocycles. The predicted octanol–water partition coefficient (Wildman–Crippen LogP) is 4.99. The lowest BCUT2D eigenvalue weighted by atomic mass is 9.74. The van der Waals surface area contributed by atoms with E-state index in [1.165, 1.54) is 11.1 Å². The van der Waals surface area contributed by atoms with Gasteiger partial charge in [0.1, 0.15) is 21.8 Å². The Hall–Kier alpha value is -0.360. The Bertz CT molecular complexity index is 688. The SMILES string of the molecule is CC(C)CN1CCC2(CC1)Cc1ccc(Br)cc1C2=N[S+]([O-])C(C)(C)C. The van der Waals surface area contributed by atoms with Gasteiger partial charge in [-0.3, -0.25) is 0 Å². The maximum Gasteiger partial charge on any atom is 0.144 e. The third-order valence-corrected chi connectivity index (χ3v) is 7.38. The highest BCUT2D eigenvalue weighted by Gasteiger charge is 2.47. The second-order valence-corrected chi connectivity index (χ2v) is 12.1. The molecular formula is C21H31BrN2OS. The summed E-state index contributed by atoms with van der Waals surface area (Å²) in [5.74, 6) is 0.697. The summed E-state index contributed by atoms with van der Waals surface area (Å²) >= 11 is 2.38. The molecular weight excluding hydrogens is 408 g/mol. The summed E-state index contributed by atoms with van der Waals surface area (Å²) in [6, 6.07) is 6.50. The van der Waals surface area contributed by atoms with Gasteiger partial charge in [-0.15, -0.1) is 0 Å². The zero-order valence-corrected chi connectivity index (χ0v) is 19.0. The monoisotopic (exact) mass is 438 g/mol. The number of piperidine rings is 1. The van der Waals surface area contributed by atoms with Crippen LogP contribution in [0.1, 0.15) is 58.6 Å². The Morgan fingerprint density at radius 3 is 2.50 bits per heavy atom. The van der Waals surface area contributed by atoms with E-state index in [4.69, 9.17) is 4.40 Å². The molecule has 26 heavy (non-hydrogen) atoms. The first-order valence-electron chi connectivity index (χ1n) is 9.63. The van der Waals surface area contributed by atoms with Crippen LogP contribution < -0.4 is 0 Å². The number of hydrogen-bond donors (Lipinski definition) is 0. The lowest BCUT2D eigenvalue weighted by Crippen LogP contribution is -2.45. The molecule has 1 aliphatic heterocycles. The zero-order valence-electron chi connectivity index (χ0n) is 16.6. The van der Waals surface area contributed by atoms with E-state index in [9.17, 15) is 4.55 Å². The molecule has 1 aromatic rings. The topological polar surface area (TPSA) is 38.7 Å². The third-order valence-electron chi connectivity index (χ3n) is 5.49. The molecule has 0 N–H and O–H groups in total. The molecule has 1 heterocycles. The van der Waals surface area contributed by atoms with Crippen LogP contribution in [0.25, 0.3) is 0 Å². The van der Waals surface area contributed by atoms with Crippen molar-refractivity contribution in [3.8, 4) is 0 Å². The average Bonchev–Trinajstić information content (AvgIpc) is 2.82. The Morgan fingerprint density at radius 2 is 1.92 bits per heavy atom. The number of halogens is 1. The molecule has 1 unspecified atom stereocenters. The molecule has 3 rings (SSSR count). The van der Waals surface area contributed by atoms with E-state index < -0.39 is 11.4 Å². The van der Waals surface area contributed by atoms with Crippen molar-refractivity contribution >= 4 is 33.0 Å². The van der Waals surface area contributed by atoms with Crippen LogP contribution in [0, 0.1) is 11.3 Å². The molecule has 1 spiro atoms. The van der Waals surface area contributed by atoms with Crippen LogP contribution >= 0.6 is 15.9 Å². The van der Waals surface area contributed by atoms with Crippen LogP contribution in [0.4, 0.5) is 0 Å². The molecule has 5 heteroatoms. The predicted molar refractivity (Wildman–Crippen MR) is 115 cm³/mol. The fraction of sp³-hybridized carbons (Fsp3) is 0.667. The van der Waals surface area contributed by atoms with E-state index in [1.54, 1.807) is 0 Å². The molecule has 0 aromatic heterocycles. The lowest BCUT2D eigenvalue weighted by Gasteiger charge is -2.40. The molecule has 1 atom stereocenters. The molecule has 1 fully saturated rings. The van der Waals surface area contributed by atoms with Gasteiger partial charge in [0.15, 0.2) is 0 Å². The summed E-state index contributed by atoms with van der Waals surface area (Å²) in [7, 11) is 0. The van der Waals surface area contributed by atoms with E-state index in [1.807, 2.05) is 20.8 Å². The van der Waals surface area contributed by atoms with Crippen molar-refractivity contribution < 1.29 is 4.55 Å². The van der Waals surface area contributed by atoms with Crippen LogP contribution in [-0.2, 0) is 17.8 Å². The number of hydrogen-bond acceptors (Lipinski definition) is 3. The molecule has 0 radical (unpaired) electrons. The Kier molecular flexibility index (Phi) is 5.94. The van der Waals surface area contributed by atoms with Crippen LogP contribution in [0.5, 0.6) is 0 Å². The van der Waals surface area contributed by atoms with Gasteiger partial charge in [0.05, 0.1) is 0 Å². The average molecular weight is 439 g/mol. The molecule has 3 nitrogen and oxygen atoms in total. The number of rotatable bonds is 3. The summed E-state index contributed by atoms with van der Waals surface area (Å²) < 4.78 is 18.4. The van der Waals surface area contributed by atoms with Gasteiger partial charge in [-0.1, -0.05) is 40.2 Å². The third kappa shape index (κ3) is 4.21. The molecule has 1 aromatic carbocycles. The Labute approximate surface area is 170 Å². The van der Waals surface area contributed by atoms with Crippen LogP contribution in [-0.4, -0.2) is 39.5 Å². The number of nitrogens with zero attached hydrogens (tertiary/aromatic N) is 2. The zero-order chi connectivity index (χ0) is 19.1. The highest BCUT2D eigenvalue weighted by atomic mass is 79.9. The Morgan fingerprint density at radius 1 is 1.27 bits per heavy atom. The highest BCUT2D eigenvalue weighted by molar-refractivity contribution is 9.10. The molecule has 0 bridgehead atoms. The maximum absolute atomic E-state index is 12.9. The fourth-order valence-corrected chi connectivity index (χ4v) is 5.21.